The quantitative estimate of drug-likeness (QED) is 0.442. The molecule has 2 aliphatic rings. The normalized spacial score (nSPS) is 18.0. The van der Waals surface area contributed by atoms with E-state index in [-0.39, 0.29) is 37.5 Å². The molecule has 0 saturated carbocycles. The highest BCUT2D eigenvalue weighted by Gasteiger charge is 2.54. The van der Waals surface area contributed by atoms with Gasteiger partial charge in [0.05, 0.1) is 19.3 Å². The van der Waals surface area contributed by atoms with Crippen molar-refractivity contribution in [3.63, 3.8) is 0 Å². The zero-order valence-corrected chi connectivity index (χ0v) is 23.8. The molecular weight excluding hydrogens is 563 g/mol. The summed E-state index contributed by atoms with van der Waals surface area (Å²) in [6.45, 7) is 2.25. The number of methoxy groups -OCH3 is 1. The second-order valence-corrected chi connectivity index (χ2v) is 10.8. The molecule has 2 aliphatic heterocycles. The van der Waals surface area contributed by atoms with E-state index in [1.165, 1.54) is 17.0 Å². The molecular formula is C32H32F3N3O5. The van der Waals surface area contributed by atoms with Gasteiger partial charge in [-0.15, -0.1) is 0 Å². The van der Waals surface area contributed by atoms with Crippen LogP contribution in [0.2, 0.25) is 0 Å². The molecule has 2 saturated heterocycles. The molecule has 226 valence electrons. The number of aryl methyl sites for hydroxylation is 1. The lowest BCUT2D eigenvalue weighted by molar-refractivity contribution is -0.137. The minimum Gasteiger partial charge on any atom is -0.497 e. The Hall–Kier alpha value is -4.38. The highest BCUT2D eigenvalue weighted by Crippen LogP contribution is 2.39. The maximum Gasteiger partial charge on any atom is 0.416 e. The maximum absolute atomic E-state index is 13.9. The van der Waals surface area contributed by atoms with Crippen LogP contribution in [0.4, 0.5) is 13.2 Å². The van der Waals surface area contributed by atoms with Crippen LogP contribution in [-0.2, 0) is 22.3 Å². The number of rotatable bonds is 6. The number of nitrogens with one attached hydrogen (secondary N) is 1. The van der Waals surface area contributed by atoms with Gasteiger partial charge >= 0.3 is 6.18 Å². The minimum absolute atomic E-state index is 0.0849. The number of nitrogens with zero attached hydrogens (tertiary/aromatic N) is 2. The number of hydrogen-bond donors (Lipinski definition) is 1. The number of benzene rings is 3. The fourth-order valence-corrected chi connectivity index (χ4v) is 5.54. The Morgan fingerprint density at radius 2 is 1.58 bits per heavy atom. The lowest BCUT2D eigenvalue weighted by Gasteiger charge is -2.44. The average Bonchev–Trinajstić information content (AvgIpc) is 3.38. The molecule has 11 heteroatoms. The van der Waals surface area contributed by atoms with Gasteiger partial charge in [-0.2, -0.15) is 13.2 Å². The van der Waals surface area contributed by atoms with Crippen molar-refractivity contribution in [3.8, 4) is 5.75 Å². The van der Waals surface area contributed by atoms with Crippen molar-refractivity contribution >= 4 is 17.7 Å². The Morgan fingerprint density at radius 3 is 2.21 bits per heavy atom. The van der Waals surface area contributed by atoms with Crippen LogP contribution >= 0.6 is 0 Å². The Labute approximate surface area is 247 Å². The molecule has 0 bridgehead atoms. The lowest BCUT2D eigenvalue weighted by atomic mass is 9.96. The smallest absolute Gasteiger partial charge is 0.416 e. The van der Waals surface area contributed by atoms with Gasteiger partial charge in [-0.1, -0.05) is 29.8 Å². The van der Waals surface area contributed by atoms with Crippen LogP contribution in [0.3, 0.4) is 0 Å². The molecule has 0 aromatic heterocycles. The fourth-order valence-electron chi connectivity index (χ4n) is 5.54. The third-order valence-electron chi connectivity index (χ3n) is 7.97. The number of hydrogen-bond acceptors (Lipinski definition) is 5. The molecule has 0 aliphatic carbocycles. The van der Waals surface area contributed by atoms with Gasteiger partial charge in [0.1, 0.15) is 17.5 Å². The van der Waals surface area contributed by atoms with Crippen LogP contribution in [0.1, 0.15) is 50.2 Å². The van der Waals surface area contributed by atoms with Crippen LogP contribution < -0.4 is 10.1 Å². The molecule has 8 nitrogen and oxygen atoms in total. The SMILES string of the molecule is COc1ccc(C(=O)N2CCC3(CC2)OCC(C(=O)NCc2cccc(C(F)(F)F)c2)N3C(=O)c2ccc(C)cc2)cc1. The molecule has 1 unspecified atom stereocenters. The summed E-state index contributed by atoms with van der Waals surface area (Å²) in [6, 6.07) is 17.5. The average molecular weight is 596 g/mol. The van der Waals surface area contributed by atoms with Gasteiger partial charge in [-0.05, 0) is 61.0 Å². The number of alkyl halides is 3. The third-order valence-corrected chi connectivity index (χ3v) is 7.97. The van der Waals surface area contributed by atoms with Gasteiger partial charge < -0.3 is 19.7 Å². The largest absolute Gasteiger partial charge is 0.497 e. The van der Waals surface area contributed by atoms with E-state index in [4.69, 9.17) is 9.47 Å². The molecule has 3 aromatic carbocycles. The van der Waals surface area contributed by atoms with Gasteiger partial charge in [0.15, 0.2) is 0 Å². The number of carbonyl (C=O) groups is 3. The molecule has 1 N–H and O–H groups in total. The van der Waals surface area contributed by atoms with Crippen molar-refractivity contribution in [2.75, 3.05) is 26.8 Å². The van der Waals surface area contributed by atoms with Crippen LogP contribution in [0.5, 0.6) is 5.75 Å². The van der Waals surface area contributed by atoms with Crippen LogP contribution in [0, 0.1) is 6.92 Å². The van der Waals surface area contributed by atoms with Gasteiger partial charge in [0, 0.05) is 43.6 Å². The first-order valence-corrected chi connectivity index (χ1v) is 13.9. The summed E-state index contributed by atoms with van der Waals surface area (Å²) in [5, 5.41) is 2.69. The van der Waals surface area contributed by atoms with E-state index in [0.29, 0.717) is 30.0 Å². The molecule has 3 aromatic rings. The lowest BCUT2D eigenvalue weighted by Crippen LogP contribution is -2.59. The first-order chi connectivity index (χ1) is 20.5. The van der Waals surface area contributed by atoms with E-state index in [2.05, 4.69) is 5.32 Å². The Bertz CT molecular complexity index is 1480. The maximum atomic E-state index is 13.9. The second kappa shape index (κ2) is 12.1. The number of likely N-dealkylation sites (tertiary alicyclic amines) is 1. The molecule has 3 amide bonds. The van der Waals surface area contributed by atoms with Crippen LogP contribution in [-0.4, -0.2) is 66.1 Å². The molecule has 43 heavy (non-hydrogen) atoms. The summed E-state index contributed by atoms with van der Waals surface area (Å²) in [7, 11) is 1.55. The molecule has 2 fully saturated rings. The van der Waals surface area contributed by atoms with E-state index < -0.39 is 35.3 Å². The van der Waals surface area contributed by atoms with Gasteiger partial charge in [0.2, 0.25) is 5.91 Å². The summed E-state index contributed by atoms with van der Waals surface area (Å²) in [4.78, 5) is 43.7. The highest BCUT2D eigenvalue weighted by atomic mass is 19.4. The Kier molecular flexibility index (Phi) is 8.45. The van der Waals surface area contributed by atoms with Gasteiger partial charge in [-0.3, -0.25) is 19.3 Å². The Morgan fingerprint density at radius 1 is 0.953 bits per heavy atom. The molecule has 1 atom stereocenters. The number of carbonyl (C=O) groups excluding carboxylic acids is 3. The molecule has 1 spiro atoms. The van der Waals surface area contributed by atoms with Crippen molar-refractivity contribution in [1.82, 2.24) is 15.1 Å². The van der Waals surface area contributed by atoms with Crippen molar-refractivity contribution in [1.29, 1.82) is 0 Å². The molecule has 0 radical (unpaired) electrons. The molecule has 5 rings (SSSR count). The van der Waals surface area contributed by atoms with Crippen molar-refractivity contribution in [2.45, 2.75) is 44.3 Å². The first-order valence-electron chi connectivity index (χ1n) is 13.9. The zero-order valence-electron chi connectivity index (χ0n) is 23.8. The van der Waals surface area contributed by atoms with E-state index in [1.807, 2.05) is 6.92 Å². The zero-order chi connectivity index (χ0) is 30.8. The second-order valence-electron chi connectivity index (χ2n) is 10.8. The number of amides is 3. The predicted molar refractivity (Wildman–Crippen MR) is 151 cm³/mol. The standard InChI is InChI=1S/C32H32F3N3O5/c1-21-6-8-24(9-7-21)30(41)38-27(28(39)36-19-22-4-3-5-25(18-22)32(33,34)35)20-43-31(38)14-16-37(17-15-31)29(40)23-10-12-26(42-2)13-11-23/h3-13,18,27H,14-17,19-20H2,1-2H3,(H,36,39). The summed E-state index contributed by atoms with van der Waals surface area (Å²) >= 11 is 0. The Balaban J connectivity index is 1.34. The minimum atomic E-state index is -4.51. The summed E-state index contributed by atoms with van der Waals surface area (Å²) in [5.74, 6) is -0.462. The number of piperidine rings is 1. The van der Waals surface area contributed by atoms with E-state index in [1.54, 1.807) is 60.5 Å². The molecule has 2 heterocycles. The predicted octanol–water partition coefficient (Wildman–Crippen LogP) is 4.81. The summed E-state index contributed by atoms with van der Waals surface area (Å²) in [5.41, 5.74) is 0.181. The van der Waals surface area contributed by atoms with Gasteiger partial charge in [-0.25, -0.2) is 0 Å². The van der Waals surface area contributed by atoms with Crippen LogP contribution in [0.15, 0.2) is 72.8 Å². The van der Waals surface area contributed by atoms with Crippen molar-refractivity contribution in [3.05, 3.63) is 101 Å². The first kappa shape index (κ1) is 30.1. The third kappa shape index (κ3) is 6.36. The monoisotopic (exact) mass is 595 g/mol. The summed E-state index contributed by atoms with van der Waals surface area (Å²) in [6.07, 6.45) is -3.94. The summed E-state index contributed by atoms with van der Waals surface area (Å²) < 4.78 is 50.9. The topological polar surface area (TPSA) is 88.2 Å². The van der Waals surface area contributed by atoms with Crippen LogP contribution in [0.25, 0.3) is 0 Å². The van der Waals surface area contributed by atoms with E-state index in [9.17, 15) is 27.6 Å². The van der Waals surface area contributed by atoms with E-state index in [0.717, 1.165) is 17.7 Å². The highest BCUT2D eigenvalue weighted by molar-refractivity contribution is 5.98. The number of ether oxygens (including phenoxy) is 2. The van der Waals surface area contributed by atoms with E-state index >= 15 is 0 Å². The fraction of sp³-hybridized carbons (Fsp3) is 0.344. The van der Waals surface area contributed by atoms with Crippen molar-refractivity contribution in [2.24, 2.45) is 0 Å². The van der Waals surface area contributed by atoms with Crippen molar-refractivity contribution < 1.29 is 37.0 Å². The van der Waals surface area contributed by atoms with Gasteiger partial charge in [0.25, 0.3) is 11.8 Å². The number of halogens is 3.